The van der Waals surface area contributed by atoms with Crippen LogP contribution in [0.5, 0.6) is 0 Å². The highest BCUT2D eigenvalue weighted by molar-refractivity contribution is 5.93. The van der Waals surface area contributed by atoms with Crippen LogP contribution in [-0.4, -0.2) is 48.1 Å². The van der Waals surface area contributed by atoms with Gasteiger partial charge in [-0.15, -0.1) is 10.2 Å². The maximum absolute atomic E-state index is 13.2. The molecule has 3 aromatic heterocycles. The molecule has 0 bridgehead atoms. The van der Waals surface area contributed by atoms with Crippen molar-refractivity contribution in [1.29, 1.82) is 0 Å². The lowest BCUT2D eigenvalue weighted by Crippen LogP contribution is -2.41. The molecule has 0 spiro atoms. The smallest absolute Gasteiger partial charge is 0.295 e. The minimum atomic E-state index is -0.259. The molecular formula is C25H28N8O2. The molecule has 1 aliphatic heterocycles. The Morgan fingerprint density at radius 1 is 1.06 bits per heavy atom. The number of aromatic nitrogens is 6. The van der Waals surface area contributed by atoms with E-state index in [0.717, 1.165) is 36.7 Å². The number of hydrogen-bond acceptors (Lipinski definition) is 6. The van der Waals surface area contributed by atoms with E-state index >= 15 is 0 Å². The summed E-state index contributed by atoms with van der Waals surface area (Å²) in [6.45, 7) is 5.06. The Morgan fingerprint density at radius 2 is 1.80 bits per heavy atom. The molecule has 4 heterocycles. The molecular weight excluding hydrogens is 444 g/mol. The van der Waals surface area contributed by atoms with Crippen LogP contribution in [0.2, 0.25) is 0 Å². The molecule has 35 heavy (non-hydrogen) atoms. The van der Waals surface area contributed by atoms with E-state index in [1.165, 1.54) is 0 Å². The number of anilines is 2. The van der Waals surface area contributed by atoms with E-state index < -0.39 is 0 Å². The Morgan fingerprint density at radius 3 is 2.49 bits per heavy atom. The zero-order chi connectivity index (χ0) is 24.5. The Hall–Kier alpha value is -4.21. The van der Waals surface area contributed by atoms with Gasteiger partial charge in [-0.25, -0.2) is 9.67 Å². The highest BCUT2D eigenvalue weighted by atomic mass is 16.2. The van der Waals surface area contributed by atoms with Crippen LogP contribution >= 0.6 is 0 Å². The number of amides is 1. The van der Waals surface area contributed by atoms with Crippen molar-refractivity contribution in [1.82, 2.24) is 29.1 Å². The fourth-order valence-electron chi connectivity index (χ4n) is 4.57. The lowest BCUT2D eigenvalue weighted by Gasteiger charge is -2.32. The molecule has 1 N–H and O–H groups in total. The molecule has 4 aromatic rings. The van der Waals surface area contributed by atoms with Crippen LogP contribution in [0.25, 0.3) is 11.5 Å². The molecule has 0 aliphatic carbocycles. The van der Waals surface area contributed by atoms with Gasteiger partial charge in [0.2, 0.25) is 5.91 Å². The third-order valence-electron chi connectivity index (χ3n) is 6.63. The van der Waals surface area contributed by atoms with Gasteiger partial charge in [-0.2, -0.15) is 0 Å². The summed E-state index contributed by atoms with van der Waals surface area (Å²) in [6, 6.07) is 13.2. The van der Waals surface area contributed by atoms with Gasteiger partial charge in [-0.1, -0.05) is 18.2 Å². The van der Waals surface area contributed by atoms with Crippen molar-refractivity contribution >= 4 is 17.4 Å². The number of benzene rings is 1. The fraction of sp³-hybridized carbons (Fsp3) is 0.320. The molecule has 5 rings (SSSR count). The van der Waals surface area contributed by atoms with Crippen molar-refractivity contribution < 1.29 is 4.79 Å². The first kappa shape index (κ1) is 22.6. The third kappa shape index (κ3) is 4.23. The molecule has 0 saturated carbocycles. The summed E-state index contributed by atoms with van der Waals surface area (Å²) >= 11 is 0. The monoisotopic (exact) mass is 472 g/mol. The van der Waals surface area contributed by atoms with Crippen LogP contribution in [0.3, 0.4) is 0 Å². The molecule has 1 unspecified atom stereocenters. The maximum atomic E-state index is 13.2. The lowest BCUT2D eigenvalue weighted by atomic mass is 9.97. The summed E-state index contributed by atoms with van der Waals surface area (Å²) in [5.41, 5.74) is 1.53. The van der Waals surface area contributed by atoms with Crippen LogP contribution in [0.1, 0.15) is 24.4 Å². The van der Waals surface area contributed by atoms with Crippen molar-refractivity contribution in [2.45, 2.75) is 26.7 Å². The summed E-state index contributed by atoms with van der Waals surface area (Å²) in [4.78, 5) is 32.7. The number of rotatable bonds is 5. The van der Waals surface area contributed by atoms with Crippen LogP contribution in [0.15, 0.2) is 59.7 Å². The number of carbonyl (C=O) groups is 1. The zero-order valence-electron chi connectivity index (χ0n) is 20.0. The fourth-order valence-corrected chi connectivity index (χ4v) is 4.57. The molecule has 10 heteroatoms. The summed E-state index contributed by atoms with van der Waals surface area (Å²) in [7, 11) is 1.81. The van der Waals surface area contributed by atoms with Crippen LogP contribution in [0, 0.1) is 19.8 Å². The van der Waals surface area contributed by atoms with Crippen molar-refractivity contribution in [3.63, 3.8) is 0 Å². The van der Waals surface area contributed by atoms with Crippen molar-refractivity contribution in [3.8, 4) is 11.5 Å². The highest BCUT2D eigenvalue weighted by Gasteiger charge is 2.28. The molecule has 0 radical (unpaired) electrons. The Kier molecular flexibility index (Phi) is 5.94. The first-order valence-electron chi connectivity index (χ1n) is 11.7. The van der Waals surface area contributed by atoms with Crippen molar-refractivity contribution in [2.75, 3.05) is 23.3 Å². The molecule has 180 valence electrons. The van der Waals surface area contributed by atoms with Crippen LogP contribution in [0.4, 0.5) is 11.5 Å². The number of nitrogens with zero attached hydrogens (tertiary/aromatic N) is 7. The Bertz CT molecular complexity index is 1400. The predicted molar refractivity (Wildman–Crippen MR) is 133 cm³/mol. The standard InChI is InChI=1S/C25H28N8O2/c1-17-23(25(35)33(30(17)3)20-9-5-4-6-10-20)27-24(34)19-8-7-14-31(16-19)21-11-12-22(29-28-21)32-15-13-26-18(32)2/h4-6,9-13,15,19H,7-8,14,16H2,1-3H3,(H,27,34). The van der Waals surface area contributed by atoms with Gasteiger partial charge in [0, 0.05) is 32.5 Å². The summed E-state index contributed by atoms with van der Waals surface area (Å²) < 4.78 is 5.20. The number of nitrogens with one attached hydrogen (secondary N) is 1. The average molecular weight is 473 g/mol. The largest absolute Gasteiger partial charge is 0.354 e. The number of para-hydroxylation sites is 1. The van der Waals surface area contributed by atoms with Gasteiger partial charge in [0.1, 0.15) is 11.5 Å². The Balaban J connectivity index is 1.32. The first-order chi connectivity index (χ1) is 16.9. The van der Waals surface area contributed by atoms with Crippen LogP contribution in [-0.2, 0) is 11.8 Å². The number of aryl methyl sites for hydroxylation is 1. The molecule has 1 saturated heterocycles. The molecule has 1 aromatic carbocycles. The summed E-state index contributed by atoms with van der Waals surface area (Å²) in [5, 5.41) is 11.7. The SMILES string of the molecule is Cc1nccn1-c1ccc(N2CCCC(C(=O)Nc3c(C)n(C)n(-c4ccccc4)c3=O)C2)nn1. The second-order valence-electron chi connectivity index (χ2n) is 8.81. The average Bonchev–Trinajstić information content (AvgIpc) is 3.41. The van der Waals surface area contributed by atoms with Gasteiger partial charge in [0.25, 0.3) is 5.56 Å². The molecule has 10 nitrogen and oxygen atoms in total. The number of imidazole rings is 1. The Labute approximate surface area is 202 Å². The minimum Gasteiger partial charge on any atom is -0.354 e. The molecule has 1 aliphatic rings. The van der Waals surface area contributed by atoms with Crippen LogP contribution < -0.4 is 15.8 Å². The zero-order valence-corrected chi connectivity index (χ0v) is 20.0. The first-order valence-corrected chi connectivity index (χ1v) is 11.7. The summed E-state index contributed by atoms with van der Waals surface area (Å²) in [5.74, 6) is 1.85. The van der Waals surface area contributed by atoms with Crippen molar-refractivity contribution in [3.05, 3.63) is 76.7 Å². The van der Waals surface area contributed by atoms with Gasteiger partial charge in [0.15, 0.2) is 11.6 Å². The second-order valence-corrected chi connectivity index (χ2v) is 8.81. The van der Waals surface area contributed by atoms with Gasteiger partial charge >= 0.3 is 0 Å². The number of hydrogen-bond donors (Lipinski definition) is 1. The molecule has 1 atom stereocenters. The molecule has 1 fully saturated rings. The quantitative estimate of drug-likeness (QED) is 0.479. The van der Waals surface area contributed by atoms with E-state index in [1.807, 2.05) is 74.1 Å². The van der Waals surface area contributed by atoms with E-state index in [0.29, 0.717) is 23.7 Å². The van der Waals surface area contributed by atoms with E-state index in [4.69, 9.17) is 0 Å². The van der Waals surface area contributed by atoms with E-state index in [-0.39, 0.29) is 17.4 Å². The van der Waals surface area contributed by atoms with Crippen molar-refractivity contribution in [2.24, 2.45) is 13.0 Å². The van der Waals surface area contributed by atoms with Gasteiger partial charge in [-0.3, -0.25) is 18.8 Å². The maximum Gasteiger partial charge on any atom is 0.295 e. The minimum absolute atomic E-state index is 0.153. The molecule has 1 amide bonds. The highest BCUT2D eigenvalue weighted by Crippen LogP contribution is 2.24. The topological polar surface area (TPSA) is 103 Å². The number of carbonyl (C=O) groups excluding carboxylic acids is 1. The van der Waals surface area contributed by atoms with Gasteiger partial charge in [0.05, 0.1) is 17.3 Å². The third-order valence-corrected chi connectivity index (χ3v) is 6.63. The number of piperidine rings is 1. The normalized spacial score (nSPS) is 15.9. The van der Waals surface area contributed by atoms with Gasteiger partial charge < -0.3 is 10.2 Å². The lowest BCUT2D eigenvalue weighted by molar-refractivity contribution is -0.120. The van der Waals surface area contributed by atoms with E-state index in [9.17, 15) is 9.59 Å². The predicted octanol–water partition coefficient (Wildman–Crippen LogP) is 2.62. The second kappa shape index (κ2) is 9.21. The summed E-state index contributed by atoms with van der Waals surface area (Å²) in [6.07, 6.45) is 5.17. The van der Waals surface area contributed by atoms with Gasteiger partial charge in [-0.05, 0) is 51.0 Å². The van der Waals surface area contributed by atoms with E-state index in [1.54, 1.807) is 15.6 Å². The van der Waals surface area contributed by atoms with E-state index in [2.05, 4.69) is 25.4 Å².